The Hall–Kier alpha value is -4.55. The van der Waals surface area contributed by atoms with Crippen LogP contribution in [0.5, 0.6) is 11.5 Å². The fourth-order valence-electron chi connectivity index (χ4n) is 5.01. The predicted molar refractivity (Wildman–Crippen MR) is 131 cm³/mol. The van der Waals surface area contributed by atoms with Gasteiger partial charge in [0.1, 0.15) is 22.8 Å². The minimum absolute atomic E-state index is 0.00695. The second kappa shape index (κ2) is 9.88. The quantitative estimate of drug-likeness (QED) is 0.351. The first kappa shape index (κ1) is 25.7. The summed E-state index contributed by atoms with van der Waals surface area (Å²) in [6.45, 7) is -6.49. The number of amidine groups is 1. The number of hydrogen-bond donors (Lipinski definition) is 1. The standard InChI is InChI=1S/C27H18F6N4O3/c28-17-4-1-3-16(23(17)29)24-35-22-6-2-5-21-27(22,36-24)12-14(34-21)10-15-11-18(37-40-15)13-7-8-19(38-25(30)31)20(9-13)39-26(32)33/h1-9,11,14,25-26H,10,12H2,(H,35,36). The summed E-state index contributed by atoms with van der Waals surface area (Å²) in [6.07, 6.45) is 6.11. The van der Waals surface area contributed by atoms with Crippen molar-refractivity contribution in [1.82, 2.24) is 10.5 Å². The molecule has 2 aliphatic heterocycles. The van der Waals surface area contributed by atoms with Gasteiger partial charge in [0.15, 0.2) is 23.1 Å². The van der Waals surface area contributed by atoms with Crippen LogP contribution in [0.2, 0.25) is 0 Å². The summed E-state index contributed by atoms with van der Waals surface area (Å²) in [6, 6.07) is 8.66. The molecule has 0 bridgehead atoms. The summed E-state index contributed by atoms with van der Waals surface area (Å²) in [7, 11) is 0. The largest absolute Gasteiger partial charge is 0.431 e. The zero-order valence-electron chi connectivity index (χ0n) is 20.3. The average molecular weight is 560 g/mol. The van der Waals surface area contributed by atoms with Crippen molar-refractivity contribution in [2.75, 3.05) is 0 Å². The Balaban J connectivity index is 1.23. The molecular weight excluding hydrogens is 542 g/mol. The molecule has 7 nitrogen and oxygen atoms in total. The highest BCUT2D eigenvalue weighted by molar-refractivity contribution is 6.14. The molecule has 1 N–H and O–H groups in total. The molecule has 1 spiro atoms. The van der Waals surface area contributed by atoms with Gasteiger partial charge < -0.3 is 19.3 Å². The third kappa shape index (κ3) is 4.61. The number of hydrogen-bond acceptors (Lipinski definition) is 7. The minimum Gasteiger partial charge on any atom is -0.431 e. The van der Waals surface area contributed by atoms with E-state index in [1.165, 1.54) is 18.2 Å². The second-order valence-electron chi connectivity index (χ2n) is 9.16. The van der Waals surface area contributed by atoms with Crippen LogP contribution in [0.4, 0.5) is 26.3 Å². The number of aliphatic imine (C=N–C) groups is 2. The monoisotopic (exact) mass is 560 g/mol. The molecule has 2 aromatic carbocycles. The van der Waals surface area contributed by atoms with Gasteiger partial charge in [0.05, 0.1) is 23.0 Å². The minimum atomic E-state index is -3.26. The molecule has 40 heavy (non-hydrogen) atoms. The van der Waals surface area contributed by atoms with Gasteiger partial charge in [-0.05, 0) is 42.5 Å². The van der Waals surface area contributed by atoms with E-state index in [1.807, 2.05) is 6.08 Å². The molecule has 13 heteroatoms. The molecule has 1 aliphatic carbocycles. The lowest BCUT2D eigenvalue weighted by atomic mass is 9.84. The zero-order chi connectivity index (χ0) is 28.0. The van der Waals surface area contributed by atoms with E-state index in [9.17, 15) is 26.3 Å². The number of nitrogens with zero attached hydrogens (tertiary/aromatic N) is 3. The van der Waals surface area contributed by atoms with Crippen LogP contribution >= 0.6 is 0 Å². The van der Waals surface area contributed by atoms with Gasteiger partial charge in [-0.1, -0.05) is 17.3 Å². The summed E-state index contributed by atoms with van der Waals surface area (Å²) in [4.78, 5) is 9.51. The third-order valence-corrected chi connectivity index (χ3v) is 6.67. The maximum absolute atomic E-state index is 14.5. The number of alkyl halides is 4. The number of halogens is 6. The maximum atomic E-state index is 14.5. The van der Waals surface area contributed by atoms with Gasteiger partial charge in [-0.2, -0.15) is 17.6 Å². The smallest absolute Gasteiger partial charge is 0.387 e. The van der Waals surface area contributed by atoms with Crippen LogP contribution in [0.1, 0.15) is 17.7 Å². The molecule has 0 amide bonds. The van der Waals surface area contributed by atoms with Crippen molar-refractivity contribution >= 4 is 11.5 Å². The molecule has 206 valence electrons. The molecule has 3 aliphatic rings. The molecule has 2 unspecified atom stereocenters. The second-order valence-corrected chi connectivity index (χ2v) is 9.16. The van der Waals surface area contributed by atoms with Gasteiger partial charge in [0, 0.05) is 24.5 Å². The summed E-state index contributed by atoms with van der Waals surface area (Å²) in [5.41, 5.74) is 0.981. The lowest BCUT2D eigenvalue weighted by molar-refractivity contribution is -0.0692. The lowest BCUT2D eigenvalue weighted by Crippen LogP contribution is -2.37. The van der Waals surface area contributed by atoms with Gasteiger partial charge in [0.2, 0.25) is 0 Å². The van der Waals surface area contributed by atoms with Crippen LogP contribution in [-0.4, -0.2) is 41.5 Å². The molecule has 0 saturated carbocycles. The molecule has 0 radical (unpaired) electrons. The number of allylic oxidation sites excluding steroid dienone is 2. The van der Waals surface area contributed by atoms with E-state index in [0.29, 0.717) is 30.0 Å². The third-order valence-electron chi connectivity index (χ3n) is 6.67. The zero-order valence-corrected chi connectivity index (χ0v) is 20.3. The van der Waals surface area contributed by atoms with Crippen molar-refractivity contribution in [2.24, 2.45) is 9.98 Å². The van der Waals surface area contributed by atoms with Crippen molar-refractivity contribution < 1.29 is 40.3 Å². The van der Waals surface area contributed by atoms with Crippen LogP contribution in [-0.2, 0) is 6.42 Å². The Labute approximate surface area is 222 Å². The highest BCUT2D eigenvalue weighted by Crippen LogP contribution is 2.42. The molecule has 6 rings (SSSR count). The summed E-state index contributed by atoms with van der Waals surface area (Å²) in [5.74, 6) is -2.49. The van der Waals surface area contributed by atoms with Crippen LogP contribution in [0.15, 0.2) is 80.9 Å². The normalized spacial score (nSPS) is 21.1. The van der Waals surface area contributed by atoms with Crippen LogP contribution in [0, 0.1) is 11.6 Å². The van der Waals surface area contributed by atoms with E-state index < -0.39 is 41.9 Å². The first-order chi connectivity index (χ1) is 19.2. The van der Waals surface area contributed by atoms with Crippen LogP contribution in [0.25, 0.3) is 11.3 Å². The van der Waals surface area contributed by atoms with Gasteiger partial charge in [-0.25, -0.2) is 13.8 Å². The van der Waals surface area contributed by atoms with Crippen molar-refractivity contribution in [2.45, 2.75) is 37.6 Å². The van der Waals surface area contributed by atoms with E-state index in [1.54, 1.807) is 18.2 Å². The molecule has 3 heterocycles. The van der Waals surface area contributed by atoms with E-state index in [2.05, 4.69) is 19.9 Å². The van der Waals surface area contributed by atoms with E-state index in [-0.39, 0.29) is 28.7 Å². The van der Waals surface area contributed by atoms with E-state index in [0.717, 1.165) is 18.2 Å². The summed E-state index contributed by atoms with van der Waals surface area (Å²) in [5, 5.41) is 7.07. The molecule has 3 aromatic rings. The Morgan fingerprint density at radius 3 is 2.62 bits per heavy atom. The van der Waals surface area contributed by atoms with Crippen molar-refractivity contribution in [3.8, 4) is 22.8 Å². The van der Waals surface area contributed by atoms with E-state index in [4.69, 9.17) is 14.5 Å². The Morgan fingerprint density at radius 1 is 1.02 bits per heavy atom. The first-order valence-electron chi connectivity index (χ1n) is 12.0. The summed E-state index contributed by atoms with van der Waals surface area (Å²) < 4.78 is 93.2. The Kier molecular flexibility index (Phi) is 6.35. The first-order valence-corrected chi connectivity index (χ1v) is 12.0. The van der Waals surface area contributed by atoms with Crippen molar-refractivity contribution in [1.29, 1.82) is 0 Å². The SMILES string of the molecule is Fc1cccc(C2=NC34CC(Cc5cc(-c6ccc(OC(F)F)c(OC(F)F)c6)no5)N=C3C=CC=C4N2)c1F. The van der Waals surface area contributed by atoms with Crippen molar-refractivity contribution in [3.05, 3.63) is 89.3 Å². The number of aromatic nitrogens is 1. The molecule has 0 saturated heterocycles. The highest BCUT2D eigenvalue weighted by atomic mass is 19.3. The lowest BCUT2D eigenvalue weighted by Gasteiger charge is -2.24. The Morgan fingerprint density at radius 2 is 1.82 bits per heavy atom. The van der Waals surface area contributed by atoms with Crippen LogP contribution in [0.3, 0.4) is 0 Å². The fourth-order valence-corrected chi connectivity index (χ4v) is 5.01. The van der Waals surface area contributed by atoms with Crippen molar-refractivity contribution in [3.63, 3.8) is 0 Å². The molecular formula is C27H18F6N4O3. The number of nitrogens with one attached hydrogen (secondary N) is 1. The van der Waals surface area contributed by atoms with Gasteiger partial charge in [0.25, 0.3) is 0 Å². The van der Waals surface area contributed by atoms with Gasteiger partial charge >= 0.3 is 13.2 Å². The Bertz CT molecular complexity index is 1600. The number of rotatable bonds is 8. The average Bonchev–Trinajstić information content (AvgIpc) is 3.61. The number of ether oxygens (including phenoxy) is 2. The van der Waals surface area contributed by atoms with Crippen LogP contribution < -0.4 is 14.8 Å². The fraction of sp³-hybridized carbons (Fsp3) is 0.222. The summed E-state index contributed by atoms with van der Waals surface area (Å²) >= 11 is 0. The molecule has 1 aromatic heterocycles. The topological polar surface area (TPSA) is 81.2 Å². The molecule has 0 fully saturated rings. The van der Waals surface area contributed by atoms with Gasteiger partial charge in [-0.3, -0.25) is 4.99 Å². The van der Waals surface area contributed by atoms with E-state index >= 15 is 0 Å². The number of benzene rings is 2. The molecule has 2 atom stereocenters. The maximum Gasteiger partial charge on any atom is 0.387 e. The highest BCUT2D eigenvalue weighted by Gasteiger charge is 2.50. The predicted octanol–water partition coefficient (Wildman–Crippen LogP) is 5.82. The van der Waals surface area contributed by atoms with Gasteiger partial charge in [-0.15, -0.1) is 0 Å².